The first-order chi connectivity index (χ1) is 60.4. The summed E-state index contributed by atoms with van der Waals surface area (Å²) in [6.07, 6.45) is -4.68. The first-order valence-electron chi connectivity index (χ1n) is 40.0. The predicted molar refractivity (Wildman–Crippen MR) is 479 cm³/mol. The van der Waals surface area contributed by atoms with Gasteiger partial charge < -0.3 is 9.13 Å². The smallest absolute Gasteiger partial charge is 0.309 e. The minimum Gasteiger partial charge on any atom is -0.309 e. The molecular weight excluding hydrogens is 1530 g/mol. The molecule has 6 heterocycles. The topological polar surface area (TPSA) is 188 Å². The molecule has 0 unspecified atom stereocenters. The van der Waals surface area contributed by atoms with Crippen LogP contribution in [-0.2, 0) is 6.18 Å². The summed E-state index contributed by atoms with van der Waals surface area (Å²) < 4.78 is 50.2. The van der Waals surface area contributed by atoms with Gasteiger partial charge in [0.15, 0.2) is 69.9 Å². The second kappa shape index (κ2) is 30.9. The molecule has 0 aliphatic carbocycles. The fourth-order valence-corrected chi connectivity index (χ4v) is 16.2. The fourth-order valence-electron chi connectivity index (χ4n) is 16.2. The predicted octanol–water partition coefficient (Wildman–Crippen LogP) is 25.2. The zero-order valence-corrected chi connectivity index (χ0v) is 65.6. The lowest BCUT2D eigenvalue weighted by Crippen LogP contribution is -2.06. The lowest BCUT2D eigenvalue weighted by atomic mass is 9.91. The van der Waals surface area contributed by atoms with Gasteiger partial charge in [0, 0.05) is 99.4 Å². The molecule has 123 heavy (non-hydrogen) atoms. The van der Waals surface area contributed by atoms with Crippen molar-refractivity contribution in [2.24, 2.45) is 0 Å². The maximum atomic E-state index is 15.3. The van der Waals surface area contributed by atoms with Crippen LogP contribution in [-0.4, -0.2) is 68.9 Å². The van der Waals surface area contributed by atoms with E-state index in [9.17, 15) is 5.26 Å². The zero-order chi connectivity index (χ0) is 82.7. The Bertz CT molecular complexity index is 7130. The Balaban J connectivity index is 0.835. The van der Waals surface area contributed by atoms with E-state index in [0.717, 1.165) is 94.2 Å². The van der Waals surface area contributed by atoms with Crippen molar-refractivity contribution >= 4 is 43.6 Å². The average molecular weight is 1590 g/mol. The molecule has 0 N–H and O–H groups in total. The van der Waals surface area contributed by atoms with Gasteiger partial charge in [-0.1, -0.05) is 261 Å². The Labute approximate surface area is 703 Å². The third kappa shape index (κ3) is 14.1. The first kappa shape index (κ1) is 73.8. The van der Waals surface area contributed by atoms with Crippen LogP contribution in [0.15, 0.2) is 370 Å². The summed E-state index contributed by atoms with van der Waals surface area (Å²) in [6, 6.07) is 121. The Morgan fingerprint density at radius 1 is 0.236 bits per heavy atom. The lowest BCUT2D eigenvalue weighted by molar-refractivity contribution is -0.137. The van der Waals surface area contributed by atoms with Gasteiger partial charge in [-0.2, -0.15) is 18.4 Å². The molecule has 18 heteroatoms. The van der Waals surface area contributed by atoms with Gasteiger partial charge in [0.25, 0.3) is 0 Å². The van der Waals surface area contributed by atoms with Gasteiger partial charge in [-0.15, -0.1) is 0 Å². The molecule has 0 saturated heterocycles. The number of nitrogens with zero attached hydrogens (tertiary/aromatic N) is 15. The number of aromatic nitrogens is 14. The van der Waals surface area contributed by atoms with Gasteiger partial charge in [0.05, 0.1) is 50.6 Å². The molecule has 0 saturated carbocycles. The van der Waals surface area contributed by atoms with Crippen LogP contribution in [0.3, 0.4) is 0 Å². The van der Waals surface area contributed by atoms with Gasteiger partial charge in [0.2, 0.25) is 0 Å². The summed E-state index contributed by atoms with van der Waals surface area (Å²) in [6.45, 7) is 1.66. The molecule has 0 aliphatic heterocycles. The quantitative estimate of drug-likeness (QED) is 0.0889. The Morgan fingerprint density at radius 3 is 0.764 bits per heavy atom. The summed E-state index contributed by atoms with van der Waals surface area (Å²) >= 11 is 0. The number of fused-ring (bicyclic) bond motifs is 6. The molecular formula is C105H64F3N15. The summed E-state index contributed by atoms with van der Waals surface area (Å²) in [5.41, 5.74) is 14.9. The monoisotopic (exact) mass is 1590 g/mol. The molecule has 0 aliphatic rings. The van der Waals surface area contributed by atoms with Crippen molar-refractivity contribution in [1.82, 2.24) is 68.9 Å². The van der Waals surface area contributed by atoms with Crippen molar-refractivity contribution in [3.05, 3.63) is 387 Å². The van der Waals surface area contributed by atoms with Gasteiger partial charge >= 0.3 is 6.18 Å². The highest BCUT2D eigenvalue weighted by Gasteiger charge is 2.32. The number of hydrogen-bond donors (Lipinski definition) is 0. The molecule has 0 radical (unpaired) electrons. The maximum Gasteiger partial charge on any atom is 0.416 e. The number of aryl methyl sites for hydroxylation is 1. The van der Waals surface area contributed by atoms with Gasteiger partial charge in [-0.3, -0.25) is 0 Å². The molecule has 15 nitrogen and oxygen atoms in total. The lowest BCUT2D eigenvalue weighted by Gasteiger charge is -2.21. The normalized spacial score (nSPS) is 11.6. The molecule has 21 rings (SSSR count). The molecule has 0 spiro atoms. The highest BCUT2D eigenvalue weighted by molar-refractivity contribution is 6.14. The Kier molecular flexibility index (Phi) is 18.6. The van der Waals surface area contributed by atoms with Crippen LogP contribution in [0.4, 0.5) is 13.2 Å². The SMILES string of the molecule is Cc1cc(-c2ccc(-n3c4ccc(-c5nc(-c6ccccc6)nc(-c6ccccc6)n5)cc4c4cc(-c5nc(-c6ccccc6)nc(-c6ccccc6)n5)ccc43)c(-c3c(C#N)cccc3-n3c4ccc(-c5nc(-c6ccccc6)nc(-c6ccccc6)n5)cc4c4cc(-c5nc(-c6ccccc6)nc(-c6ccccc6)n5)ccc43)c2)cc(C(F)(F)F)c1. The van der Waals surface area contributed by atoms with E-state index in [2.05, 4.69) is 39.5 Å². The molecule has 0 atom stereocenters. The van der Waals surface area contributed by atoms with E-state index >= 15 is 13.2 Å². The highest BCUT2D eigenvalue weighted by Crippen LogP contribution is 2.47. The molecule has 0 bridgehead atoms. The summed E-state index contributed by atoms with van der Waals surface area (Å²) in [5.74, 6) is 5.55. The fraction of sp³-hybridized carbons (Fsp3) is 0.0190. The van der Waals surface area contributed by atoms with Crippen molar-refractivity contribution in [3.63, 3.8) is 0 Å². The van der Waals surface area contributed by atoms with E-state index in [0.29, 0.717) is 131 Å². The van der Waals surface area contributed by atoms with Crippen LogP contribution in [0.25, 0.3) is 214 Å². The largest absolute Gasteiger partial charge is 0.416 e. The van der Waals surface area contributed by atoms with E-state index < -0.39 is 11.7 Å². The van der Waals surface area contributed by atoms with Crippen LogP contribution in [0.2, 0.25) is 0 Å². The molecule has 15 aromatic carbocycles. The number of nitriles is 1. The third-order valence-electron chi connectivity index (χ3n) is 22.0. The van der Waals surface area contributed by atoms with E-state index in [1.165, 1.54) is 6.07 Å². The number of alkyl halides is 3. The molecule has 21 aromatic rings. The molecule has 6 aromatic heterocycles. The standard InChI is InChI=1S/C105H64F3N15/c1-64-55-79(57-80(56-64)105(106,107)108)73-45-50-90(122-86-51-46-74(101-114-93(65-27-10-2-11-28-65)110-94(115-101)66-29-12-3-13-30-66)59-81(86)82-60-75(47-52-87(82)122)102-116-95(67-31-14-4-15-32-67)111-96(117-102)68-33-16-5-17-34-68)85(58-73)92-78(63-109)43-26-44-91(92)123-88-53-48-76(103-118-97(69-35-18-6-19-36-69)112-98(119-103)70-37-20-7-21-38-70)61-83(88)84-62-77(49-54-89(84)123)104-120-99(71-39-22-8-23-40-71)113-100(121-104)72-41-24-9-25-42-72/h2-62H,1H3. The van der Waals surface area contributed by atoms with Crippen LogP contribution < -0.4 is 0 Å². The Morgan fingerprint density at radius 2 is 0.496 bits per heavy atom. The van der Waals surface area contributed by atoms with Gasteiger partial charge in [-0.05, 0) is 133 Å². The highest BCUT2D eigenvalue weighted by atomic mass is 19.4. The van der Waals surface area contributed by atoms with Crippen molar-refractivity contribution < 1.29 is 13.2 Å². The van der Waals surface area contributed by atoms with Crippen molar-refractivity contribution in [3.8, 4) is 176 Å². The second-order valence-corrected chi connectivity index (χ2v) is 29.9. The minimum absolute atomic E-state index is 0.274. The first-order valence-corrected chi connectivity index (χ1v) is 40.0. The van der Waals surface area contributed by atoms with Crippen molar-refractivity contribution in [2.75, 3.05) is 0 Å². The van der Waals surface area contributed by atoms with Crippen LogP contribution in [0, 0.1) is 18.3 Å². The molecule has 0 amide bonds. The Hall–Kier alpha value is -16.8. The van der Waals surface area contributed by atoms with E-state index in [1.807, 2.05) is 322 Å². The summed E-state index contributed by atoms with van der Waals surface area (Å²) in [5, 5.41) is 15.2. The number of halogens is 3. The second-order valence-electron chi connectivity index (χ2n) is 29.9. The maximum absolute atomic E-state index is 15.3. The number of benzene rings is 15. The van der Waals surface area contributed by atoms with Crippen molar-refractivity contribution in [1.29, 1.82) is 5.26 Å². The average Bonchev–Trinajstić information content (AvgIpc) is 1.56. The van der Waals surface area contributed by atoms with Crippen molar-refractivity contribution in [2.45, 2.75) is 13.1 Å². The number of rotatable bonds is 16. The van der Waals surface area contributed by atoms with Crippen LogP contribution in [0.5, 0.6) is 0 Å². The van der Waals surface area contributed by atoms with E-state index in [-0.39, 0.29) is 5.56 Å². The third-order valence-corrected chi connectivity index (χ3v) is 22.0. The summed E-state index contributed by atoms with van der Waals surface area (Å²) in [7, 11) is 0. The van der Waals surface area contributed by atoms with Crippen LogP contribution >= 0.6 is 0 Å². The number of hydrogen-bond acceptors (Lipinski definition) is 13. The molecule has 580 valence electrons. The summed E-state index contributed by atoms with van der Waals surface area (Å²) in [4.78, 5) is 62.1. The van der Waals surface area contributed by atoms with E-state index in [4.69, 9.17) is 59.8 Å². The van der Waals surface area contributed by atoms with Gasteiger partial charge in [0.1, 0.15) is 0 Å². The van der Waals surface area contributed by atoms with Crippen LogP contribution in [0.1, 0.15) is 16.7 Å². The van der Waals surface area contributed by atoms with E-state index in [1.54, 1.807) is 19.1 Å². The minimum atomic E-state index is -4.68. The zero-order valence-electron chi connectivity index (χ0n) is 65.6. The molecule has 0 fully saturated rings. The van der Waals surface area contributed by atoms with Gasteiger partial charge in [-0.25, -0.2) is 59.8 Å².